The van der Waals surface area contributed by atoms with Crippen LogP contribution in [-0.4, -0.2) is 54.8 Å². The molecule has 0 aliphatic carbocycles. The van der Waals surface area contributed by atoms with Gasteiger partial charge >= 0.3 is 5.97 Å². The minimum Gasteiger partial charge on any atom is -0.466 e. The third-order valence-corrected chi connectivity index (χ3v) is 4.85. The smallest absolute Gasteiger partial charge is 0.309 e. The Labute approximate surface area is 156 Å². The number of nitrogens with one attached hydrogen (secondary N) is 1. The van der Waals surface area contributed by atoms with Gasteiger partial charge in [0.25, 0.3) is 0 Å². The number of guanidine groups is 1. The molecule has 146 valence electrons. The molecule has 1 fully saturated rings. The van der Waals surface area contributed by atoms with E-state index in [1.165, 1.54) is 0 Å². The van der Waals surface area contributed by atoms with E-state index in [1.54, 1.807) is 0 Å². The molecule has 1 saturated heterocycles. The van der Waals surface area contributed by atoms with E-state index < -0.39 is 0 Å². The number of nitrogens with zero attached hydrogens (tertiary/aromatic N) is 3. The monoisotopic (exact) mass is 364 g/mol. The largest absolute Gasteiger partial charge is 0.466 e. The average Bonchev–Trinajstić information content (AvgIpc) is 2.97. The predicted octanol–water partition coefficient (Wildman–Crippen LogP) is 2.64. The van der Waals surface area contributed by atoms with Crippen molar-refractivity contribution in [1.82, 2.24) is 15.4 Å². The van der Waals surface area contributed by atoms with E-state index >= 15 is 0 Å². The summed E-state index contributed by atoms with van der Waals surface area (Å²) in [6.07, 6.45) is 1.62. The molecule has 1 N–H and O–H groups in total. The van der Waals surface area contributed by atoms with Crippen molar-refractivity contribution in [2.45, 2.75) is 53.4 Å². The molecular formula is C19H32N4O3. The van der Waals surface area contributed by atoms with Gasteiger partial charge in [-0.15, -0.1) is 0 Å². The number of aliphatic imine (C=N–C) groups is 1. The maximum atomic E-state index is 11.9. The topological polar surface area (TPSA) is 80.0 Å². The molecule has 7 heteroatoms. The molecule has 0 aromatic carbocycles. The first-order valence-electron chi connectivity index (χ1n) is 9.60. The molecule has 1 aliphatic rings. The summed E-state index contributed by atoms with van der Waals surface area (Å²) in [7, 11) is 0. The maximum Gasteiger partial charge on any atom is 0.309 e. The first-order valence-corrected chi connectivity index (χ1v) is 9.60. The van der Waals surface area contributed by atoms with Crippen molar-refractivity contribution in [2.75, 3.05) is 32.8 Å². The lowest BCUT2D eigenvalue weighted by Crippen LogP contribution is -2.46. The van der Waals surface area contributed by atoms with Gasteiger partial charge in [0.2, 0.25) is 0 Å². The van der Waals surface area contributed by atoms with Crippen molar-refractivity contribution >= 4 is 11.9 Å². The van der Waals surface area contributed by atoms with Crippen LogP contribution in [0.4, 0.5) is 0 Å². The number of carbonyl (C=O) groups excluding carboxylic acids is 1. The number of piperidine rings is 1. The SMILES string of the molecule is CCNC(=NCC(C)c1c(C)noc1C)N1CCC(C(=O)OCC)CC1. The molecule has 0 bridgehead atoms. The number of aryl methyl sites for hydroxylation is 2. The van der Waals surface area contributed by atoms with E-state index in [0.29, 0.717) is 13.2 Å². The summed E-state index contributed by atoms with van der Waals surface area (Å²) < 4.78 is 10.4. The minimum absolute atomic E-state index is 0.00954. The second kappa shape index (κ2) is 9.59. The summed E-state index contributed by atoms with van der Waals surface area (Å²) >= 11 is 0. The number of esters is 1. The molecule has 0 radical (unpaired) electrons. The molecule has 0 saturated carbocycles. The third kappa shape index (κ3) is 4.99. The Balaban J connectivity index is 1.98. The summed E-state index contributed by atoms with van der Waals surface area (Å²) in [4.78, 5) is 19.0. The van der Waals surface area contributed by atoms with Gasteiger partial charge in [0.05, 0.1) is 18.2 Å². The summed E-state index contributed by atoms with van der Waals surface area (Å²) in [5, 5.41) is 7.41. The zero-order valence-electron chi connectivity index (χ0n) is 16.7. The second-order valence-corrected chi connectivity index (χ2v) is 6.85. The van der Waals surface area contributed by atoms with E-state index in [2.05, 4.69) is 29.2 Å². The highest BCUT2D eigenvalue weighted by atomic mass is 16.5. The fraction of sp³-hybridized carbons (Fsp3) is 0.737. The summed E-state index contributed by atoms with van der Waals surface area (Å²) in [5.74, 6) is 1.96. The molecule has 1 aromatic rings. The van der Waals surface area contributed by atoms with Gasteiger partial charge in [-0.2, -0.15) is 0 Å². The fourth-order valence-electron chi connectivity index (χ4n) is 3.52. The number of hydrogen-bond donors (Lipinski definition) is 1. The zero-order chi connectivity index (χ0) is 19.1. The lowest BCUT2D eigenvalue weighted by Gasteiger charge is -2.33. The van der Waals surface area contributed by atoms with E-state index in [1.807, 2.05) is 20.8 Å². The molecule has 2 rings (SSSR count). The van der Waals surface area contributed by atoms with E-state index in [-0.39, 0.29) is 17.8 Å². The Morgan fingerprint density at radius 3 is 2.62 bits per heavy atom. The van der Waals surface area contributed by atoms with E-state index in [9.17, 15) is 4.79 Å². The van der Waals surface area contributed by atoms with Crippen LogP contribution in [0.25, 0.3) is 0 Å². The Morgan fingerprint density at radius 2 is 2.08 bits per heavy atom. The number of ether oxygens (including phenoxy) is 1. The number of likely N-dealkylation sites (tertiary alicyclic amines) is 1. The summed E-state index contributed by atoms with van der Waals surface area (Å²) in [6.45, 7) is 13.5. The number of aromatic nitrogens is 1. The highest BCUT2D eigenvalue weighted by Gasteiger charge is 2.27. The molecule has 1 unspecified atom stereocenters. The van der Waals surface area contributed by atoms with Crippen LogP contribution in [0.2, 0.25) is 0 Å². The lowest BCUT2D eigenvalue weighted by atomic mass is 9.97. The van der Waals surface area contributed by atoms with Gasteiger partial charge in [0.15, 0.2) is 5.96 Å². The Kier molecular flexibility index (Phi) is 7.48. The van der Waals surface area contributed by atoms with Gasteiger partial charge in [0, 0.05) is 37.7 Å². The number of hydrogen-bond acceptors (Lipinski definition) is 5. The second-order valence-electron chi connectivity index (χ2n) is 6.85. The molecule has 7 nitrogen and oxygen atoms in total. The van der Waals surface area contributed by atoms with Crippen molar-refractivity contribution in [3.63, 3.8) is 0 Å². The van der Waals surface area contributed by atoms with Crippen LogP contribution in [-0.2, 0) is 9.53 Å². The minimum atomic E-state index is -0.0684. The van der Waals surface area contributed by atoms with Gasteiger partial charge < -0.3 is 19.5 Å². The zero-order valence-corrected chi connectivity index (χ0v) is 16.7. The van der Waals surface area contributed by atoms with Gasteiger partial charge in [-0.1, -0.05) is 12.1 Å². The Morgan fingerprint density at radius 1 is 1.38 bits per heavy atom. The van der Waals surface area contributed by atoms with Crippen LogP contribution in [0.3, 0.4) is 0 Å². The van der Waals surface area contributed by atoms with Crippen LogP contribution >= 0.6 is 0 Å². The fourth-order valence-corrected chi connectivity index (χ4v) is 3.52. The van der Waals surface area contributed by atoms with Gasteiger partial charge in [-0.05, 0) is 40.5 Å². The molecule has 0 spiro atoms. The lowest BCUT2D eigenvalue weighted by molar-refractivity contribution is -0.149. The van der Waals surface area contributed by atoms with Gasteiger partial charge in [0.1, 0.15) is 5.76 Å². The first kappa shape index (κ1) is 20.3. The van der Waals surface area contributed by atoms with Crippen LogP contribution < -0.4 is 5.32 Å². The molecular weight excluding hydrogens is 332 g/mol. The molecule has 1 aliphatic heterocycles. The number of carbonyl (C=O) groups is 1. The molecule has 0 amide bonds. The Bertz CT molecular complexity index is 599. The molecule has 26 heavy (non-hydrogen) atoms. The van der Waals surface area contributed by atoms with Crippen molar-refractivity contribution in [3.05, 3.63) is 17.0 Å². The van der Waals surface area contributed by atoms with Crippen molar-refractivity contribution in [1.29, 1.82) is 0 Å². The molecule has 1 aromatic heterocycles. The third-order valence-electron chi connectivity index (χ3n) is 4.85. The highest BCUT2D eigenvalue weighted by molar-refractivity contribution is 5.80. The van der Waals surface area contributed by atoms with Crippen molar-refractivity contribution in [3.8, 4) is 0 Å². The van der Waals surface area contributed by atoms with Gasteiger partial charge in [-0.25, -0.2) is 0 Å². The molecule has 1 atom stereocenters. The molecule has 2 heterocycles. The van der Waals surface area contributed by atoms with Crippen molar-refractivity contribution < 1.29 is 14.1 Å². The van der Waals surface area contributed by atoms with Crippen LogP contribution in [0.15, 0.2) is 9.52 Å². The van der Waals surface area contributed by atoms with E-state index in [0.717, 1.165) is 55.5 Å². The van der Waals surface area contributed by atoms with Crippen LogP contribution in [0, 0.1) is 19.8 Å². The normalized spacial score (nSPS) is 17.3. The predicted molar refractivity (Wildman–Crippen MR) is 101 cm³/mol. The maximum absolute atomic E-state index is 11.9. The van der Waals surface area contributed by atoms with Crippen LogP contribution in [0.1, 0.15) is 56.5 Å². The summed E-state index contributed by atoms with van der Waals surface area (Å²) in [5.41, 5.74) is 2.08. The standard InChI is InChI=1S/C19H32N4O3/c1-6-20-19(21-12-13(3)17-14(4)22-26-15(17)5)23-10-8-16(9-11-23)18(24)25-7-2/h13,16H,6-12H2,1-5H3,(H,20,21). The number of rotatable bonds is 6. The highest BCUT2D eigenvalue weighted by Crippen LogP contribution is 2.24. The average molecular weight is 364 g/mol. The Hall–Kier alpha value is -2.05. The van der Waals surface area contributed by atoms with E-state index in [4.69, 9.17) is 14.3 Å². The first-order chi connectivity index (χ1) is 12.5. The van der Waals surface area contributed by atoms with Crippen LogP contribution in [0.5, 0.6) is 0 Å². The quantitative estimate of drug-likeness (QED) is 0.475. The van der Waals surface area contributed by atoms with Gasteiger partial charge in [-0.3, -0.25) is 9.79 Å². The summed E-state index contributed by atoms with van der Waals surface area (Å²) in [6, 6.07) is 0. The van der Waals surface area contributed by atoms with Crippen molar-refractivity contribution in [2.24, 2.45) is 10.9 Å².